The normalized spacial score (nSPS) is 12.6. The zero-order valence-corrected chi connectivity index (χ0v) is 15.4. The van der Waals surface area contributed by atoms with Gasteiger partial charge in [-0.05, 0) is 40.6 Å². The average molecular weight is 375 g/mol. The molecule has 0 spiro atoms. The molecule has 0 saturated heterocycles. The quantitative estimate of drug-likeness (QED) is 0.664. The molecule has 0 aliphatic carbocycles. The van der Waals surface area contributed by atoms with E-state index < -0.39 is 0 Å². The molecule has 3 aromatic rings. The summed E-state index contributed by atoms with van der Waals surface area (Å²) in [5, 5.41) is 5.20. The van der Waals surface area contributed by atoms with Gasteiger partial charge in [-0.2, -0.15) is 0 Å². The third kappa shape index (κ3) is 4.14. The summed E-state index contributed by atoms with van der Waals surface area (Å²) in [4.78, 5) is 24.5. The van der Waals surface area contributed by atoms with E-state index in [1.807, 2.05) is 30.3 Å². The summed E-state index contributed by atoms with van der Waals surface area (Å²) in [5.41, 5.74) is 1.57. The van der Waals surface area contributed by atoms with E-state index in [4.69, 9.17) is 9.47 Å². The van der Waals surface area contributed by atoms with Gasteiger partial charge >= 0.3 is 0 Å². The minimum atomic E-state index is -0.140. The van der Waals surface area contributed by atoms with Crippen LogP contribution in [0.3, 0.4) is 0 Å². The van der Waals surface area contributed by atoms with Gasteiger partial charge in [0.05, 0.1) is 0 Å². The summed E-state index contributed by atoms with van der Waals surface area (Å²) >= 11 is 0. The molecule has 4 rings (SSSR count). The summed E-state index contributed by atoms with van der Waals surface area (Å²) < 4.78 is 11.0. The van der Waals surface area contributed by atoms with E-state index in [1.54, 1.807) is 18.2 Å². The number of ether oxygens (including phenoxy) is 2. The minimum Gasteiger partial charge on any atom is -0.486 e. The molecule has 1 N–H and O–H groups in total. The van der Waals surface area contributed by atoms with Crippen LogP contribution in [-0.4, -0.2) is 24.9 Å². The predicted molar refractivity (Wildman–Crippen MR) is 107 cm³/mol. The van der Waals surface area contributed by atoms with Crippen LogP contribution in [0.1, 0.15) is 28.8 Å². The van der Waals surface area contributed by atoms with Crippen molar-refractivity contribution < 1.29 is 19.1 Å². The Balaban J connectivity index is 1.29. The molecular formula is C23H21NO4. The van der Waals surface area contributed by atoms with Gasteiger partial charge in [0.15, 0.2) is 17.3 Å². The van der Waals surface area contributed by atoms with Crippen LogP contribution in [0.25, 0.3) is 10.8 Å². The van der Waals surface area contributed by atoms with Gasteiger partial charge in [-0.1, -0.05) is 36.4 Å². The first kappa shape index (κ1) is 18.0. The summed E-state index contributed by atoms with van der Waals surface area (Å²) in [6, 6.07) is 19.3. The van der Waals surface area contributed by atoms with Gasteiger partial charge in [-0.3, -0.25) is 9.59 Å². The third-order valence-electron chi connectivity index (χ3n) is 4.75. The van der Waals surface area contributed by atoms with Gasteiger partial charge < -0.3 is 14.8 Å². The molecule has 3 aromatic carbocycles. The van der Waals surface area contributed by atoms with Gasteiger partial charge in [0.1, 0.15) is 13.2 Å². The summed E-state index contributed by atoms with van der Waals surface area (Å²) in [6.45, 7) is 1.43. The fourth-order valence-corrected chi connectivity index (χ4v) is 3.23. The third-order valence-corrected chi connectivity index (χ3v) is 4.75. The Kier molecular flexibility index (Phi) is 5.24. The van der Waals surface area contributed by atoms with Crippen molar-refractivity contribution in [1.29, 1.82) is 0 Å². The molecule has 28 heavy (non-hydrogen) atoms. The molecule has 142 valence electrons. The van der Waals surface area contributed by atoms with Crippen LogP contribution in [0.4, 0.5) is 0 Å². The number of benzene rings is 3. The van der Waals surface area contributed by atoms with Crippen molar-refractivity contribution in [3.63, 3.8) is 0 Å². The SMILES string of the molecule is O=C(CCC(=O)c1ccc2c(c1)OCCO2)NCc1ccc2ccccc2c1. The molecule has 5 nitrogen and oxygen atoms in total. The first-order valence-corrected chi connectivity index (χ1v) is 9.36. The highest BCUT2D eigenvalue weighted by Crippen LogP contribution is 2.31. The second-order valence-electron chi connectivity index (χ2n) is 6.74. The van der Waals surface area contributed by atoms with E-state index in [1.165, 1.54) is 5.39 Å². The van der Waals surface area contributed by atoms with Gasteiger partial charge in [0, 0.05) is 24.9 Å². The Morgan fingerprint density at radius 2 is 1.61 bits per heavy atom. The first-order valence-electron chi connectivity index (χ1n) is 9.36. The molecule has 0 atom stereocenters. The molecule has 0 bridgehead atoms. The highest BCUT2D eigenvalue weighted by molar-refractivity contribution is 5.98. The lowest BCUT2D eigenvalue weighted by atomic mass is 10.1. The Morgan fingerprint density at radius 3 is 2.46 bits per heavy atom. The minimum absolute atomic E-state index is 0.0853. The van der Waals surface area contributed by atoms with E-state index in [9.17, 15) is 9.59 Å². The van der Waals surface area contributed by atoms with Crippen molar-refractivity contribution in [2.45, 2.75) is 19.4 Å². The van der Waals surface area contributed by atoms with Gasteiger partial charge in [-0.25, -0.2) is 0 Å². The number of carbonyl (C=O) groups excluding carboxylic acids is 2. The number of hydrogen-bond acceptors (Lipinski definition) is 4. The lowest BCUT2D eigenvalue weighted by molar-refractivity contribution is -0.121. The predicted octanol–water partition coefficient (Wildman–Crippen LogP) is 3.89. The molecule has 1 aliphatic heterocycles. The van der Waals surface area contributed by atoms with Crippen molar-refractivity contribution in [3.8, 4) is 11.5 Å². The standard InChI is InChI=1S/C23H21NO4/c25-20(19-7-9-21-22(14-19)28-12-11-27-21)8-10-23(26)24-15-16-5-6-17-3-1-2-4-18(17)13-16/h1-7,9,13-14H,8,10-12,15H2,(H,24,26). The lowest BCUT2D eigenvalue weighted by Gasteiger charge is -2.18. The molecule has 1 aliphatic rings. The maximum atomic E-state index is 12.4. The smallest absolute Gasteiger partial charge is 0.220 e. The van der Waals surface area contributed by atoms with Crippen LogP contribution in [0, 0.1) is 0 Å². The number of hydrogen-bond donors (Lipinski definition) is 1. The van der Waals surface area contributed by atoms with Crippen molar-refractivity contribution >= 4 is 22.5 Å². The molecule has 1 heterocycles. The number of ketones is 1. The van der Waals surface area contributed by atoms with Crippen LogP contribution < -0.4 is 14.8 Å². The van der Waals surface area contributed by atoms with Gasteiger partial charge in [0.2, 0.25) is 5.91 Å². The van der Waals surface area contributed by atoms with Crippen molar-refractivity contribution in [3.05, 3.63) is 71.8 Å². The maximum Gasteiger partial charge on any atom is 0.220 e. The van der Waals surface area contributed by atoms with Gasteiger partial charge in [0.25, 0.3) is 0 Å². The van der Waals surface area contributed by atoms with Crippen LogP contribution in [0.15, 0.2) is 60.7 Å². The fraction of sp³-hybridized carbons (Fsp3) is 0.217. The van der Waals surface area contributed by atoms with E-state index in [0.29, 0.717) is 36.8 Å². The van der Waals surface area contributed by atoms with Crippen LogP contribution in [-0.2, 0) is 11.3 Å². The summed E-state index contributed by atoms with van der Waals surface area (Å²) in [6.07, 6.45) is 0.310. The Labute approximate surface area is 163 Å². The number of Topliss-reactive ketones (excluding diaryl/α,β-unsaturated/α-hetero) is 1. The number of nitrogens with one attached hydrogen (secondary N) is 1. The highest BCUT2D eigenvalue weighted by Gasteiger charge is 2.15. The molecule has 0 saturated carbocycles. The zero-order chi connectivity index (χ0) is 19.3. The maximum absolute atomic E-state index is 12.4. The molecular weight excluding hydrogens is 354 g/mol. The lowest BCUT2D eigenvalue weighted by Crippen LogP contribution is -2.23. The molecule has 0 radical (unpaired) electrons. The number of rotatable bonds is 6. The van der Waals surface area contributed by atoms with E-state index in [2.05, 4.69) is 17.4 Å². The topological polar surface area (TPSA) is 64.6 Å². The van der Waals surface area contributed by atoms with E-state index >= 15 is 0 Å². The second-order valence-corrected chi connectivity index (χ2v) is 6.74. The van der Waals surface area contributed by atoms with Crippen molar-refractivity contribution in [1.82, 2.24) is 5.32 Å². The monoisotopic (exact) mass is 375 g/mol. The molecule has 1 amide bonds. The van der Waals surface area contributed by atoms with Gasteiger partial charge in [-0.15, -0.1) is 0 Å². The number of fused-ring (bicyclic) bond motifs is 2. The zero-order valence-electron chi connectivity index (χ0n) is 15.4. The van der Waals surface area contributed by atoms with E-state index in [0.717, 1.165) is 10.9 Å². The summed E-state index contributed by atoms with van der Waals surface area (Å²) in [5.74, 6) is 1.01. The fourth-order valence-electron chi connectivity index (χ4n) is 3.23. The van der Waals surface area contributed by atoms with Crippen LogP contribution >= 0.6 is 0 Å². The Morgan fingerprint density at radius 1 is 0.821 bits per heavy atom. The molecule has 5 heteroatoms. The van der Waals surface area contributed by atoms with Crippen molar-refractivity contribution in [2.75, 3.05) is 13.2 Å². The number of carbonyl (C=O) groups is 2. The first-order chi connectivity index (χ1) is 13.7. The summed E-state index contributed by atoms with van der Waals surface area (Å²) in [7, 11) is 0. The van der Waals surface area contributed by atoms with E-state index in [-0.39, 0.29) is 24.5 Å². The Bertz CT molecular complexity index is 1030. The highest BCUT2D eigenvalue weighted by atomic mass is 16.6. The molecule has 0 fully saturated rings. The van der Waals surface area contributed by atoms with Crippen LogP contribution in [0.2, 0.25) is 0 Å². The molecule has 0 unspecified atom stereocenters. The van der Waals surface area contributed by atoms with Crippen molar-refractivity contribution in [2.24, 2.45) is 0 Å². The Hall–Kier alpha value is -3.34. The number of amides is 1. The largest absolute Gasteiger partial charge is 0.486 e. The second kappa shape index (κ2) is 8.13. The molecule has 0 aromatic heterocycles. The average Bonchev–Trinajstić information content (AvgIpc) is 2.75. The van der Waals surface area contributed by atoms with Crippen LogP contribution in [0.5, 0.6) is 11.5 Å².